The second-order valence-electron chi connectivity index (χ2n) is 6.04. The molecule has 29 heavy (non-hydrogen) atoms. The Morgan fingerprint density at radius 3 is 2.21 bits per heavy atom. The van der Waals surface area contributed by atoms with Crippen LogP contribution in [-0.4, -0.2) is 37.0 Å². The molecule has 3 aromatic rings. The summed E-state index contributed by atoms with van der Waals surface area (Å²) in [5, 5.41) is 12.3. The molecule has 0 atom stereocenters. The molecule has 0 heterocycles. The van der Waals surface area contributed by atoms with Crippen LogP contribution in [-0.2, 0) is 20.2 Å². The van der Waals surface area contributed by atoms with Crippen molar-refractivity contribution in [2.24, 2.45) is 0 Å². The Bertz CT molecular complexity index is 1370. The molecular formula is C17H14N2O8S2. The number of nitrogens with two attached hydrogens (primary N) is 1. The van der Waals surface area contributed by atoms with Crippen LogP contribution < -0.4 is 11.1 Å². The number of carbonyl (C=O) groups is 1. The van der Waals surface area contributed by atoms with Gasteiger partial charge < -0.3 is 16.2 Å². The van der Waals surface area contributed by atoms with Gasteiger partial charge in [-0.3, -0.25) is 13.9 Å². The van der Waals surface area contributed by atoms with Gasteiger partial charge in [0.05, 0.1) is 10.6 Å². The third-order valence-corrected chi connectivity index (χ3v) is 5.70. The van der Waals surface area contributed by atoms with E-state index in [0.29, 0.717) is 5.69 Å². The zero-order valence-corrected chi connectivity index (χ0v) is 16.0. The number of phenols is 1. The van der Waals surface area contributed by atoms with Crippen molar-refractivity contribution in [1.82, 2.24) is 0 Å². The van der Waals surface area contributed by atoms with Crippen LogP contribution in [0, 0.1) is 0 Å². The van der Waals surface area contributed by atoms with Crippen LogP contribution in [0.3, 0.4) is 0 Å². The molecule has 0 fully saturated rings. The number of nitrogen functional groups attached to an aromatic ring is 1. The highest BCUT2D eigenvalue weighted by molar-refractivity contribution is 7.86. The minimum atomic E-state index is -4.86. The number of carbonyl (C=O) groups excluding carboxylic acids is 1. The van der Waals surface area contributed by atoms with E-state index in [2.05, 4.69) is 5.32 Å². The first kappa shape index (κ1) is 20.5. The molecule has 0 aromatic heterocycles. The fourth-order valence-electron chi connectivity index (χ4n) is 2.68. The van der Waals surface area contributed by atoms with E-state index in [-0.39, 0.29) is 22.0 Å². The average Bonchev–Trinajstić information content (AvgIpc) is 2.60. The minimum absolute atomic E-state index is 0.0346. The van der Waals surface area contributed by atoms with Crippen LogP contribution in [0.5, 0.6) is 5.75 Å². The number of phenolic OH excluding ortho intramolecular Hbond substituents is 1. The van der Waals surface area contributed by atoms with Crippen molar-refractivity contribution in [3.8, 4) is 5.75 Å². The molecule has 0 unspecified atom stereocenters. The molecule has 0 aliphatic heterocycles. The molecule has 6 N–H and O–H groups in total. The highest BCUT2D eigenvalue weighted by Gasteiger charge is 2.22. The summed E-state index contributed by atoms with van der Waals surface area (Å²) in [6.45, 7) is 0. The van der Waals surface area contributed by atoms with Crippen LogP contribution in [0.15, 0.2) is 58.3 Å². The maximum absolute atomic E-state index is 12.4. The number of aromatic hydroxyl groups is 1. The number of amides is 1. The van der Waals surface area contributed by atoms with Crippen molar-refractivity contribution in [2.45, 2.75) is 9.79 Å². The van der Waals surface area contributed by atoms with Gasteiger partial charge in [0.1, 0.15) is 10.6 Å². The van der Waals surface area contributed by atoms with Crippen LogP contribution in [0.1, 0.15) is 10.4 Å². The van der Waals surface area contributed by atoms with E-state index in [0.717, 1.165) is 24.3 Å². The molecule has 0 aliphatic rings. The highest BCUT2D eigenvalue weighted by Crippen LogP contribution is 2.35. The predicted octanol–water partition coefficient (Wildman–Crippen LogP) is 1.87. The fraction of sp³-hybridized carbons (Fsp3) is 0. The summed E-state index contributed by atoms with van der Waals surface area (Å²) in [6.07, 6.45) is 0. The van der Waals surface area contributed by atoms with Gasteiger partial charge in [-0.05, 0) is 41.8 Å². The summed E-state index contributed by atoms with van der Waals surface area (Å²) >= 11 is 0. The Balaban J connectivity index is 2.20. The number of rotatable bonds is 4. The van der Waals surface area contributed by atoms with Crippen LogP contribution in [0.2, 0.25) is 0 Å². The van der Waals surface area contributed by atoms with E-state index in [1.807, 2.05) is 0 Å². The number of nitrogens with one attached hydrogen (secondary N) is 1. The van der Waals surface area contributed by atoms with Gasteiger partial charge in [0.25, 0.3) is 26.1 Å². The van der Waals surface area contributed by atoms with Gasteiger partial charge >= 0.3 is 0 Å². The first-order chi connectivity index (χ1) is 13.4. The van der Waals surface area contributed by atoms with Crippen molar-refractivity contribution in [1.29, 1.82) is 0 Å². The molecule has 152 valence electrons. The number of hydrogen-bond donors (Lipinski definition) is 5. The Hall–Kier alpha value is -3.19. The summed E-state index contributed by atoms with van der Waals surface area (Å²) in [7, 11) is -9.54. The monoisotopic (exact) mass is 438 g/mol. The molecule has 10 nitrogen and oxygen atoms in total. The third-order valence-electron chi connectivity index (χ3n) is 3.98. The number of benzene rings is 3. The third kappa shape index (κ3) is 4.30. The largest absolute Gasteiger partial charge is 0.507 e. The fourth-order valence-corrected chi connectivity index (χ4v) is 3.88. The van der Waals surface area contributed by atoms with E-state index in [4.69, 9.17) is 10.3 Å². The molecule has 1 amide bonds. The summed E-state index contributed by atoms with van der Waals surface area (Å²) in [5.74, 6) is -1.34. The van der Waals surface area contributed by atoms with Gasteiger partial charge in [0.15, 0.2) is 0 Å². The standard InChI is InChI=1S/C17H14N2O8S2/c18-11-3-1-2-9(4-11)17(21)19-14-8-13-10(6-16(14)29(25,26)27)5-12(7-15(13)20)28(22,23)24/h1-8,20H,18H2,(H,19,21)(H,22,23,24)(H,25,26,27). The molecule has 0 bridgehead atoms. The summed E-state index contributed by atoms with van der Waals surface area (Å²) in [5.41, 5.74) is 5.66. The lowest BCUT2D eigenvalue weighted by molar-refractivity contribution is 0.102. The summed E-state index contributed by atoms with van der Waals surface area (Å²) < 4.78 is 64.9. The van der Waals surface area contributed by atoms with Gasteiger partial charge in [0, 0.05) is 22.7 Å². The zero-order valence-electron chi connectivity index (χ0n) is 14.4. The quantitative estimate of drug-likeness (QED) is 0.299. The maximum Gasteiger partial charge on any atom is 0.296 e. The van der Waals surface area contributed by atoms with E-state index in [9.17, 15) is 31.3 Å². The van der Waals surface area contributed by atoms with Gasteiger partial charge in [-0.2, -0.15) is 16.8 Å². The Morgan fingerprint density at radius 2 is 1.62 bits per heavy atom. The topological polar surface area (TPSA) is 184 Å². The van der Waals surface area contributed by atoms with Crippen molar-refractivity contribution in [3.05, 3.63) is 54.1 Å². The minimum Gasteiger partial charge on any atom is -0.507 e. The SMILES string of the molecule is Nc1cccc(C(=O)Nc2cc3c(O)cc(S(=O)(=O)O)cc3cc2S(=O)(=O)O)c1. The maximum atomic E-state index is 12.4. The normalized spacial score (nSPS) is 12.1. The molecule has 0 radical (unpaired) electrons. The van der Waals surface area contributed by atoms with Crippen molar-refractivity contribution < 1.29 is 35.8 Å². The molecular weight excluding hydrogens is 424 g/mol. The average molecular weight is 438 g/mol. The van der Waals surface area contributed by atoms with E-state index in [1.165, 1.54) is 18.2 Å². The first-order valence-electron chi connectivity index (χ1n) is 7.79. The Labute approximate surface area is 165 Å². The Morgan fingerprint density at radius 1 is 0.931 bits per heavy atom. The number of anilines is 2. The first-order valence-corrected chi connectivity index (χ1v) is 10.7. The second kappa shape index (κ2) is 7.00. The lowest BCUT2D eigenvalue weighted by Crippen LogP contribution is -2.15. The molecule has 3 aromatic carbocycles. The Kier molecular flexibility index (Phi) is 4.96. The van der Waals surface area contributed by atoms with E-state index < -0.39 is 41.7 Å². The van der Waals surface area contributed by atoms with Crippen molar-refractivity contribution >= 4 is 48.3 Å². The molecule has 12 heteroatoms. The van der Waals surface area contributed by atoms with Gasteiger partial charge in [0.2, 0.25) is 0 Å². The summed E-state index contributed by atoms with van der Waals surface area (Å²) in [6, 6.07) is 9.39. The highest BCUT2D eigenvalue weighted by atomic mass is 32.2. The van der Waals surface area contributed by atoms with E-state index >= 15 is 0 Å². The zero-order chi connectivity index (χ0) is 21.6. The molecule has 0 spiro atoms. The molecule has 0 saturated heterocycles. The smallest absolute Gasteiger partial charge is 0.296 e. The van der Waals surface area contributed by atoms with Crippen LogP contribution in [0.25, 0.3) is 10.8 Å². The number of hydrogen-bond acceptors (Lipinski definition) is 7. The van der Waals surface area contributed by atoms with Crippen molar-refractivity contribution in [3.63, 3.8) is 0 Å². The molecule has 0 aliphatic carbocycles. The van der Waals surface area contributed by atoms with Gasteiger partial charge in [-0.25, -0.2) is 0 Å². The summed E-state index contributed by atoms with van der Waals surface area (Å²) in [4.78, 5) is 11.0. The second-order valence-corrected chi connectivity index (χ2v) is 8.85. The van der Waals surface area contributed by atoms with Crippen molar-refractivity contribution in [2.75, 3.05) is 11.1 Å². The lowest BCUT2D eigenvalue weighted by Gasteiger charge is -2.13. The predicted molar refractivity (Wildman–Crippen MR) is 104 cm³/mol. The van der Waals surface area contributed by atoms with Gasteiger partial charge in [-0.1, -0.05) is 6.07 Å². The van der Waals surface area contributed by atoms with E-state index in [1.54, 1.807) is 6.07 Å². The van der Waals surface area contributed by atoms with Crippen LogP contribution >= 0.6 is 0 Å². The molecule has 0 saturated carbocycles. The number of fused-ring (bicyclic) bond motifs is 1. The van der Waals surface area contributed by atoms with Gasteiger partial charge in [-0.15, -0.1) is 0 Å². The van der Waals surface area contributed by atoms with Crippen LogP contribution in [0.4, 0.5) is 11.4 Å². The molecule has 3 rings (SSSR count). The lowest BCUT2D eigenvalue weighted by atomic mass is 10.1.